The van der Waals surface area contributed by atoms with E-state index in [0.717, 1.165) is 48.0 Å². The van der Waals surface area contributed by atoms with E-state index in [0.29, 0.717) is 24.6 Å². The van der Waals surface area contributed by atoms with Crippen LogP contribution in [0.25, 0.3) is 11.5 Å². The summed E-state index contributed by atoms with van der Waals surface area (Å²) in [6.45, 7) is 4.77. The second kappa shape index (κ2) is 8.75. The van der Waals surface area contributed by atoms with E-state index in [2.05, 4.69) is 16.0 Å². The number of ether oxygens (including phenoxy) is 3. The summed E-state index contributed by atoms with van der Waals surface area (Å²) in [5.74, 6) is 2.51. The molecule has 0 unspecified atom stereocenters. The molecule has 1 aliphatic rings. The Bertz CT molecular complexity index is 1030. The lowest BCUT2D eigenvalue weighted by Crippen LogP contribution is -2.28. The van der Waals surface area contributed by atoms with Crippen molar-refractivity contribution < 1.29 is 23.0 Å². The highest BCUT2D eigenvalue weighted by molar-refractivity contribution is 5.57. The Morgan fingerprint density at radius 3 is 2.77 bits per heavy atom. The minimum Gasteiger partial charge on any atom is -0.494 e. The molecular formula is C23H25FN2O4. The highest BCUT2D eigenvalue weighted by Crippen LogP contribution is 2.34. The summed E-state index contributed by atoms with van der Waals surface area (Å²) in [7, 11) is 3.09. The predicted octanol–water partition coefficient (Wildman–Crippen LogP) is 4.59. The fraction of sp³-hybridized carbons (Fsp3) is 0.348. The van der Waals surface area contributed by atoms with Crippen LogP contribution in [-0.2, 0) is 13.1 Å². The van der Waals surface area contributed by atoms with Gasteiger partial charge >= 0.3 is 0 Å². The number of oxazole rings is 1. The molecule has 2 heterocycles. The summed E-state index contributed by atoms with van der Waals surface area (Å²) in [6, 6.07) is 10.5. The first-order valence-electron chi connectivity index (χ1n) is 9.90. The number of methoxy groups -OCH3 is 2. The number of benzene rings is 2. The van der Waals surface area contributed by atoms with E-state index in [-0.39, 0.29) is 5.75 Å². The lowest BCUT2D eigenvalue weighted by atomic mass is 10.1. The van der Waals surface area contributed by atoms with Crippen LogP contribution in [0.1, 0.15) is 23.4 Å². The van der Waals surface area contributed by atoms with Gasteiger partial charge in [-0.15, -0.1) is 0 Å². The maximum absolute atomic E-state index is 13.7. The zero-order valence-corrected chi connectivity index (χ0v) is 17.4. The van der Waals surface area contributed by atoms with Gasteiger partial charge in [0, 0.05) is 30.8 Å². The average molecular weight is 412 g/mol. The highest BCUT2D eigenvalue weighted by atomic mass is 19.1. The molecule has 30 heavy (non-hydrogen) atoms. The van der Waals surface area contributed by atoms with Crippen LogP contribution in [-0.4, -0.2) is 37.3 Å². The molecule has 0 saturated carbocycles. The van der Waals surface area contributed by atoms with Crippen molar-refractivity contribution in [3.8, 4) is 28.7 Å². The van der Waals surface area contributed by atoms with Gasteiger partial charge in [0.25, 0.3) is 0 Å². The SMILES string of the molecule is COc1cc(-c2nc(CN3CCCOc4c(cccc4OC)C3)c(C)o2)ccc1F. The normalized spacial score (nSPS) is 14.4. The van der Waals surface area contributed by atoms with Gasteiger partial charge in [-0.25, -0.2) is 9.37 Å². The van der Waals surface area contributed by atoms with Crippen LogP contribution in [0.15, 0.2) is 40.8 Å². The zero-order valence-electron chi connectivity index (χ0n) is 17.4. The van der Waals surface area contributed by atoms with Crippen LogP contribution in [0.4, 0.5) is 4.39 Å². The Labute approximate surface area is 175 Å². The van der Waals surface area contributed by atoms with Crippen molar-refractivity contribution in [2.24, 2.45) is 0 Å². The number of hydrogen-bond acceptors (Lipinski definition) is 6. The second-order valence-electron chi connectivity index (χ2n) is 7.23. The Hall–Kier alpha value is -3.06. The van der Waals surface area contributed by atoms with Crippen LogP contribution in [0.5, 0.6) is 17.2 Å². The largest absolute Gasteiger partial charge is 0.494 e. The molecule has 1 aliphatic heterocycles. The quantitative estimate of drug-likeness (QED) is 0.611. The van der Waals surface area contributed by atoms with Gasteiger partial charge in [0.1, 0.15) is 5.76 Å². The van der Waals surface area contributed by atoms with Crippen molar-refractivity contribution in [3.05, 3.63) is 59.2 Å². The first-order chi connectivity index (χ1) is 14.6. The van der Waals surface area contributed by atoms with Gasteiger partial charge in [-0.05, 0) is 37.6 Å². The van der Waals surface area contributed by atoms with Crippen molar-refractivity contribution >= 4 is 0 Å². The summed E-state index contributed by atoms with van der Waals surface area (Å²) < 4.78 is 36.1. The predicted molar refractivity (Wildman–Crippen MR) is 110 cm³/mol. The molecule has 1 aromatic heterocycles. The minimum atomic E-state index is -0.415. The number of hydrogen-bond donors (Lipinski definition) is 0. The molecule has 158 valence electrons. The summed E-state index contributed by atoms with van der Waals surface area (Å²) in [6.07, 6.45) is 0.899. The summed E-state index contributed by atoms with van der Waals surface area (Å²) in [4.78, 5) is 7.00. The smallest absolute Gasteiger partial charge is 0.226 e. The van der Waals surface area contributed by atoms with Crippen LogP contribution in [0.2, 0.25) is 0 Å². The van der Waals surface area contributed by atoms with Crippen molar-refractivity contribution in [1.29, 1.82) is 0 Å². The summed E-state index contributed by atoms with van der Waals surface area (Å²) in [5.41, 5.74) is 2.62. The maximum Gasteiger partial charge on any atom is 0.226 e. The van der Waals surface area contributed by atoms with Crippen molar-refractivity contribution in [2.75, 3.05) is 27.4 Å². The van der Waals surface area contributed by atoms with Crippen LogP contribution >= 0.6 is 0 Å². The second-order valence-corrected chi connectivity index (χ2v) is 7.23. The van der Waals surface area contributed by atoms with Gasteiger partial charge in [-0.1, -0.05) is 12.1 Å². The molecule has 0 saturated heterocycles. The van der Waals surface area contributed by atoms with E-state index in [9.17, 15) is 4.39 Å². The lowest BCUT2D eigenvalue weighted by molar-refractivity contribution is 0.193. The monoisotopic (exact) mass is 412 g/mol. The molecule has 0 radical (unpaired) electrons. The Kier molecular flexibility index (Phi) is 5.90. The molecule has 6 nitrogen and oxygen atoms in total. The average Bonchev–Trinajstić information content (AvgIpc) is 3.10. The van der Waals surface area contributed by atoms with Gasteiger partial charge in [-0.3, -0.25) is 4.90 Å². The number of aryl methyl sites for hydroxylation is 1. The third-order valence-electron chi connectivity index (χ3n) is 5.20. The lowest BCUT2D eigenvalue weighted by Gasteiger charge is -2.26. The number of aromatic nitrogens is 1. The summed E-state index contributed by atoms with van der Waals surface area (Å²) >= 11 is 0. The summed E-state index contributed by atoms with van der Waals surface area (Å²) in [5, 5.41) is 0. The number of nitrogens with zero attached hydrogens (tertiary/aromatic N) is 2. The van der Waals surface area contributed by atoms with Crippen LogP contribution in [0, 0.1) is 12.7 Å². The molecule has 2 aromatic carbocycles. The Balaban J connectivity index is 1.57. The van der Waals surface area contributed by atoms with Crippen molar-refractivity contribution in [3.63, 3.8) is 0 Å². The van der Waals surface area contributed by atoms with Crippen LogP contribution in [0.3, 0.4) is 0 Å². The van der Waals surface area contributed by atoms with Gasteiger partial charge in [-0.2, -0.15) is 0 Å². The third-order valence-corrected chi connectivity index (χ3v) is 5.20. The third kappa shape index (κ3) is 4.11. The number of para-hydroxylation sites is 1. The highest BCUT2D eigenvalue weighted by Gasteiger charge is 2.20. The Morgan fingerprint density at radius 2 is 1.97 bits per heavy atom. The fourth-order valence-electron chi connectivity index (χ4n) is 3.63. The molecule has 0 aliphatic carbocycles. The zero-order chi connectivity index (χ0) is 21.1. The van der Waals surface area contributed by atoms with Crippen LogP contribution < -0.4 is 14.2 Å². The molecule has 0 atom stereocenters. The van der Waals surface area contributed by atoms with E-state index in [4.69, 9.17) is 18.6 Å². The fourth-order valence-corrected chi connectivity index (χ4v) is 3.63. The topological polar surface area (TPSA) is 57.0 Å². The van der Waals surface area contributed by atoms with Gasteiger partial charge in [0.05, 0.1) is 26.5 Å². The molecule has 0 N–H and O–H groups in total. The molecule has 0 spiro atoms. The van der Waals surface area contributed by atoms with E-state index in [1.807, 2.05) is 19.1 Å². The molecule has 4 rings (SSSR count). The maximum atomic E-state index is 13.7. The number of halogens is 1. The molecular weight excluding hydrogens is 387 g/mol. The van der Waals surface area contributed by atoms with E-state index >= 15 is 0 Å². The van der Waals surface area contributed by atoms with Crippen molar-refractivity contribution in [2.45, 2.75) is 26.4 Å². The van der Waals surface area contributed by atoms with E-state index < -0.39 is 5.82 Å². The first kappa shape index (κ1) is 20.2. The first-order valence-corrected chi connectivity index (χ1v) is 9.90. The number of rotatable bonds is 5. The van der Waals surface area contributed by atoms with Crippen molar-refractivity contribution in [1.82, 2.24) is 9.88 Å². The standard InChI is InChI=1S/C23H25FN2O4/c1-15-19(25-23(30-15)16-8-9-18(24)21(12-16)28-3)14-26-10-5-11-29-22-17(13-26)6-4-7-20(22)27-2/h4,6-9,12H,5,10-11,13-14H2,1-3H3. The molecule has 0 fully saturated rings. The number of fused-ring (bicyclic) bond motifs is 1. The molecule has 0 bridgehead atoms. The molecule has 7 heteroatoms. The Morgan fingerprint density at radius 1 is 1.13 bits per heavy atom. The van der Waals surface area contributed by atoms with Gasteiger partial charge in [0.2, 0.25) is 5.89 Å². The van der Waals surface area contributed by atoms with Gasteiger partial charge in [0.15, 0.2) is 23.1 Å². The molecule has 0 amide bonds. The minimum absolute atomic E-state index is 0.166. The van der Waals surface area contributed by atoms with E-state index in [1.54, 1.807) is 19.2 Å². The van der Waals surface area contributed by atoms with E-state index in [1.165, 1.54) is 13.2 Å². The molecule has 3 aromatic rings. The van der Waals surface area contributed by atoms with Gasteiger partial charge < -0.3 is 18.6 Å².